The summed E-state index contributed by atoms with van der Waals surface area (Å²) >= 11 is 0. The first-order valence-corrected chi connectivity index (χ1v) is 6.94. The molecule has 0 bridgehead atoms. The molecule has 2 N–H and O–H groups in total. The molecule has 1 saturated carbocycles. The van der Waals surface area contributed by atoms with Crippen LogP contribution in [0, 0.1) is 17.7 Å². The molecule has 1 aliphatic rings. The van der Waals surface area contributed by atoms with E-state index in [-0.39, 0.29) is 18.4 Å². The number of anilines is 1. The van der Waals surface area contributed by atoms with Gasteiger partial charge in [-0.25, -0.2) is 4.39 Å². The molecule has 0 heterocycles. The molecule has 0 aliphatic heterocycles. The number of carbonyl (C=O) groups excluding carboxylic acids is 3. The van der Waals surface area contributed by atoms with Crippen LogP contribution in [0.15, 0.2) is 24.3 Å². The van der Waals surface area contributed by atoms with Crippen LogP contribution in [0.4, 0.5) is 10.1 Å². The van der Waals surface area contributed by atoms with Crippen molar-refractivity contribution in [3.63, 3.8) is 0 Å². The number of ether oxygens (including phenoxy) is 1. The first kappa shape index (κ1) is 15.9. The maximum atomic E-state index is 12.7. The predicted octanol–water partition coefficient (Wildman–Crippen LogP) is 1.08. The molecular formula is C15H17FN2O4. The molecule has 6 nitrogen and oxygen atoms in total. The molecule has 0 saturated heterocycles. The fraction of sp³-hybridized carbons (Fsp3) is 0.400. The fourth-order valence-corrected chi connectivity index (χ4v) is 1.86. The average molecular weight is 308 g/mol. The van der Waals surface area contributed by atoms with Gasteiger partial charge in [-0.3, -0.25) is 14.4 Å². The number of amides is 2. The van der Waals surface area contributed by atoms with Gasteiger partial charge in [0.15, 0.2) is 6.61 Å². The second-order valence-electron chi connectivity index (χ2n) is 5.26. The van der Waals surface area contributed by atoms with Crippen LogP contribution in [0.1, 0.15) is 13.3 Å². The van der Waals surface area contributed by atoms with Crippen molar-refractivity contribution in [2.75, 3.05) is 18.5 Å². The van der Waals surface area contributed by atoms with Crippen molar-refractivity contribution in [2.45, 2.75) is 13.3 Å². The number of rotatable bonds is 6. The summed E-state index contributed by atoms with van der Waals surface area (Å²) in [5.41, 5.74) is 0.426. The Morgan fingerprint density at radius 2 is 1.86 bits per heavy atom. The summed E-state index contributed by atoms with van der Waals surface area (Å²) in [6.45, 7) is 1.28. The van der Waals surface area contributed by atoms with E-state index in [0.717, 1.165) is 6.42 Å². The molecule has 1 aliphatic carbocycles. The lowest BCUT2D eigenvalue weighted by Crippen LogP contribution is -2.35. The lowest BCUT2D eigenvalue weighted by molar-refractivity contribution is -0.150. The van der Waals surface area contributed by atoms with Gasteiger partial charge < -0.3 is 15.4 Å². The summed E-state index contributed by atoms with van der Waals surface area (Å²) in [7, 11) is 0. The fourth-order valence-electron chi connectivity index (χ4n) is 1.86. The molecular weight excluding hydrogens is 291 g/mol. The van der Waals surface area contributed by atoms with E-state index in [9.17, 15) is 18.8 Å². The molecule has 22 heavy (non-hydrogen) atoms. The van der Waals surface area contributed by atoms with Crippen LogP contribution in [-0.2, 0) is 19.1 Å². The number of hydrogen-bond acceptors (Lipinski definition) is 4. The van der Waals surface area contributed by atoms with Gasteiger partial charge in [-0.2, -0.15) is 0 Å². The summed E-state index contributed by atoms with van der Waals surface area (Å²) < 4.78 is 17.5. The Bertz CT molecular complexity index is 573. The quantitative estimate of drug-likeness (QED) is 0.770. The lowest BCUT2D eigenvalue weighted by Gasteiger charge is -2.07. The maximum absolute atomic E-state index is 12.7. The zero-order chi connectivity index (χ0) is 16.1. The van der Waals surface area contributed by atoms with Crippen LogP contribution in [-0.4, -0.2) is 30.9 Å². The molecule has 2 atom stereocenters. The Balaban J connectivity index is 1.64. The molecule has 1 aromatic rings. The number of nitrogens with one attached hydrogen (secondary N) is 2. The van der Waals surface area contributed by atoms with Gasteiger partial charge in [0.2, 0.25) is 5.91 Å². The maximum Gasteiger partial charge on any atom is 0.309 e. The van der Waals surface area contributed by atoms with Crippen LogP contribution in [0.5, 0.6) is 0 Å². The summed E-state index contributed by atoms with van der Waals surface area (Å²) in [5, 5.41) is 4.83. The third-order valence-corrected chi connectivity index (χ3v) is 3.33. The van der Waals surface area contributed by atoms with Crippen molar-refractivity contribution in [2.24, 2.45) is 11.8 Å². The molecule has 0 radical (unpaired) electrons. The minimum Gasteiger partial charge on any atom is -0.455 e. The van der Waals surface area contributed by atoms with Gasteiger partial charge in [0.1, 0.15) is 5.82 Å². The lowest BCUT2D eigenvalue weighted by atomic mass is 10.3. The average Bonchev–Trinajstić information content (AvgIpc) is 3.22. The Hall–Kier alpha value is -2.44. The van der Waals surface area contributed by atoms with Crippen molar-refractivity contribution >= 4 is 23.5 Å². The van der Waals surface area contributed by atoms with Crippen LogP contribution in [0.25, 0.3) is 0 Å². The van der Waals surface area contributed by atoms with Crippen molar-refractivity contribution in [1.82, 2.24) is 5.32 Å². The summed E-state index contributed by atoms with van der Waals surface area (Å²) in [6, 6.07) is 5.25. The molecule has 2 amide bonds. The second-order valence-corrected chi connectivity index (χ2v) is 5.26. The number of hydrogen-bond donors (Lipinski definition) is 2. The molecule has 1 aromatic carbocycles. The van der Waals surface area contributed by atoms with Crippen LogP contribution >= 0.6 is 0 Å². The van der Waals surface area contributed by atoms with Gasteiger partial charge in [-0.05, 0) is 36.6 Å². The minimum absolute atomic E-state index is 0.102. The van der Waals surface area contributed by atoms with Crippen molar-refractivity contribution in [1.29, 1.82) is 0 Å². The smallest absolute Gasteiger partial charge is 0.309 e. The largest absolute Gasteiger partial charge is 0.455 e. The monoisotopic (exact) mass is 308 g/mol. The van der Waals surface area contributed by atoms with E-state index >= 15 is 0 Å². The van der Waals surface area contributed by atoms with E-state index in [1.54, 1.807) is 0 Å². The van der Waals surface area contributed by atoms with Crippen molar-refractivity contribution in [3.05, 3.63) is 30.1 Å². The first-order chi connectivity index (χ1) is 10.5. The second kappa shape index (κ2) is 7.02. The van der Waals surface area contributed by atoms with Crippen LogP contribution in [0.3, 0.4) is 0 Å². The van der Waals surface area contributed by atoms with E-state index in [1.807, 2.05) is 6.92 Å². The Morgan fingerprint density at radius 1 is 1.23 bits per heavy atom. The van der Waals surface area contributed by atoms with E-state index in [4.69, 9.17) is 4.74 Å². The highest BCUT2D eigenvalue weighted by atomic mass is 19.1. The number of halogens is 1. The first-order valence-electron chi connectivity index (χ1n) is 6.94. The number of benzene rings is 1. The van der Waals surface area contributed by atoms with E-state index in [2.05, 4.69) is 10.6 Å². The number of carbonyl (C=O) groups is 3. The topological polar surface area (TPSA) is 84.5 Å². The highest BCUT2D eigenvalue weighted by Crippen LogP contribution is 2.38. The highest BCUT2D eigenvalue weighted by Gasteiger charge is 2.40. The van der Waals surface area contributed by atoms with Gasteiger partial charge in [-0.1, -0.05) is 6.92 Å². The highest BCUT2D eigenvalue weighted by molar-refractivity contribution is 5.94. The third-order valence-electron chi connectivity index (χ3n) is 3.33. The molecule has 0 aromatic heterocycles. The van der Waals surface area contributed by atoms with Crippen LogP contribution < -0.4 is 10.6 Å². The Labute approximate surface area is 127 Å². The van der Waals surface area contributed by atoms with Gasteiger partial charge in [-0.15, -0.1) is 0 Å². The van der Waals surface area contributed by atoms with Gasteiger partial charge in [0.25, 0.3) is 5.91 Å². The Kier molecular flexibility index (Phi) is 5.08. The summed E-state index contributed by atoms with van der Waals surface area (Å²) in [6.07, 6.45) is 0.792. The predicted molar refractivity (Wildman–Crippen MR) is 76.3 cm³/mol. The zero-order valence-corrected chi connectivity index (χ0v) is 12.1. The Morgan fingerprint density at radius 3 is 2.45 bits per heavy atom. The zero-order valence-electron chi connectivity index (χ0n) is 12.1. The molecule has 1 fully saturated rings. The van der Waals surface area contributed by atoms with Gasteiger partial charge >= 0.3 is 5.97 Å². The van der Waals surface area contributed by atoms with Gasteiger partial charge in [0, 0.05) is 5.69 Å². The molecule has 118 valence electrons. The standard InChI is InChI=1S/C15H17FN2O4/c1-9-6-12(9)15(21)22-8-14(20)17-7-13(19)18-11-4-2-10(16)3-5-11/h2-5,9,12H,6-8H2,1H3,(H,17,20)(H,18,19)/t9-,12+/m1/s1. The van der Waals surface area contributed by atoms with Gasteiger partial charge in [0.05, 0.1) is 12.5 Å². The molecule has 2 rings (SSSR count). The number of esters is 1. The third kappa shape index (κ3) is 4.83. The van der Waals surface area contributed by atoms with E-state index in [0.29, 0.717) is 11.6 Å². The SMILES string of the molecule is C[C@@H]1C[C@@H]1C(=O)OCC(=O)NCC(=O)Nc1ccc(F)cc1. The van der Waals surface area contributed by atoms with Crippen molar-refractivity contribution in [3.8, 4) is 0 Å². The molecule has 7 heteroatoms. The van der Waals surface area contributed by atoms with Crippen molar-refractivity contribution < 1.29 is 23.5 Å². The van der Waals surface area contributed by atoms with E-state index < -0.39 is 24.2 Å². The molecule has 0 unspecified atom stereocenters. The summed E-state index contributed by atoms with van der Waals surface area (Å²) in [4.78, 5) is 34.4. The normalized spacial score (nSPS) is 19.2. The van der Waals surface area contributed by atoms with E-state index in [1.165, 1.54) is 24.3 Å². The van der Waals surface area contributed by atoms with Crippen LogP contribution in [0.2, 0.25) is 0 Å². The minimum atomic E-state index is -0.545. The summed E-state index contributed by atoms with van der Waals surface area (Å²) in [5.74, 6) is -1.57. The molecule has 0 spiro atoms.